The summed E-state index contributed by atoms with van der Waals surface area (Å²) >= 11 is 0. The van der Waals surface area contributed by atoms with Gasteiger partial charge in [-0.3, -0.25) is 5.41 Å². The summed E-state index contributed by atoms with van der Waals surface area (Å²) < 4.78 is 0. The molecule has 0 aromatic rings. The summed E-state index contributed by atoms with van der Waals surface area (Å²) in [6, 6.07) is 0. The summed E-state index contributed by atoms with van der Waals surface area (Å²) in [6.45, 7) is 8.71. The molecule has 2 nitrogen and oxygen atoms in total. The Bertz CT molecular complexity index is 243. The van der Waals surface area contributed by atoms with Gasteiger partial charge < -0.3 is 4.90 Å². The van der Waals surface area contributed by atoms with Crippen molar-refractivity contribution in [3.8, 4) is 0 Å². The maximum Gasteiger partial charge on any atom is 0.0925 e. The lowest BCUT2D eigenvalue weighted by Crippen LogP contribution is -2.30. The molecule has 0 saturated carbocycles. The molecule has 1 N–H and O–H groups in total. The van der Waals surface area contributed by atoms with Crippen molar-refractivity contribution >= 4 is 5.84 Å². The van der Waals surface area contributed by atoms with Gasteiger partial charge in [-0.05, 0) is 19.8 Å². The molecule has 0 radical (unpaired) electrons. The standard InChI is InChI=1S/C22H46N2/c1-4-6-8-10-12-14-16-18-20-24(22(3)23)21-19-17-15-13-11-9-7-5-2/h23H,4-21H2,1-3H3. The van der Waals surface area contributed by atoms with Crippen molar-refractivity contribution in [3.05, 3.63) is 0 Å². The molecule has 0 unspecified atom stereocenters. The van der Waals surface area contributed by atoms with Gasteiger partial charge in [0.05, 0.1) is 5.84 Å². The van der Waals surface area contributed by atoms with Gasteiger partial charge >= 0.3 is 0 Å². The maximum atomic E-state index is 7.96. The number of nitrogens with one attached hydrogen (secondary N) is 1. The second-order valence-electron chi connectivity index (χ2n) is 7.52. The summed E-state index contributed by atoms with van der Waals surface area (Å²) in [7, 11) is 0. The van der Waals surface area contributed by atoms with Gasteiger partial charge in [0, 0.05) is 13.1 Å². The molecule has 0 aliphatic heterocycles. The Kier molecular flexibility index (Phi) is 18.4. The molecule has 24 heavy (non-hydrogen) atoms. The van der Waals surface area contributed by atoms with Gasteiger partial charge in [-0.25, -0.2) is 0 Å². The molecule has 0 heterocycles. The van der Waals surface area contributed by atoms with E-state index in [0.29, 0.717) is 0 Å². The van der Waals surface area contributed by atoms with Crippen LogP contribution in [0.3, 0.4) is 0 Å². The summed E-state index contributed by atoms with van der Waals surface area (Å²) in [5.74, 6) is 0.765. The van der Waals surface area contributed by atoms with E-state index in [1.54, 1.807) is 0 Å². The Hall–Kier alpha value is -0.530. The Morgan fingerprint density at radius 3 is 1.12 bits per heavy atom. The number of unbranched alkanes of at least 4 members (excludes halogenated alkanes) is 14. The lowest BCUT2D eigenvalue weighted by atomic mass is 10.1. The molecule has 0 fully saturated rings. The average Bonchev–Trinajstić information content (AvgIpc) is 2.57. The minimum atomic E-state index is 0.765. The number of hydrogen-bond donors (Lipinski definition) is 1. The first-order chi connectivity index (χ1) is 11.7. The van der Waals surface area contributed by atoms with Crippen LogP contribution in [-0.2, 0) is 0 Å². The van der Waals surface area contributed by atoms with E-state index in [1.807, 2.05) is 6.92 Å². The summed E-state index contributed by atoms with van der Waals surface area (Å²) in [4.78, 5) is 2.30. The smallest absolute Gasteiger partial charge is 0.0925 e. The fourth-order valence-corrected chi connectivity index (χ4v) is 3.32. The van der Waals surface area contributed by atoms with E-state index < -0.39 is 0 Å². The molecule has 0 spiro atoms. The van der Waals surface area contributed by atoms with Crippen molar-refractivity contribution in [1.29, 1.82) is 5.41 Å². The van der Waals surface area contributed by atoms with Crippen LogP contribution in [0.15, 0.2) is 0 Å². The highest BCUT2D eigenvalue weighted by Crippen LogP contribution is 2.11. The van der Waals surface area contributed by atoms with Crippen molar-refractivity contribution in [3.63, 3.8) is 0 Å². The van der Waals surface area contributed by atoms with E-state index in [9.17, 15) is 0 Å². The monoisotopic (exact) mass is 338 g/mol. The summed E-state index contributed by atoms with van der Waals surface area (Å²) in [6.07, 6.45) is 21.9. The van der Waals surface area contributed by atoms with Crippen LogP contribution in [0.25, 0.3) is 0 Å². The highest BCUT2D eigenvalue weighted by molar-refractivity contribution is 5.76. The Morgan fingerprint density at radius 1 is 0.542 bits per heavy atom. The van der Waals surface area contributed by atoms with Gasteiger partial charge in [0.15, 0.2) is 0 Å². The topological polar surface area (TPSA) is 27.1 Å². The van der Waals surface area contributed by atoms with E-state index in [4.69, 9.17) is 5.41 Å². The van der Waals surface area contributed by atoms with Gasteiger partial charge in [0.1, 0.15) is 0 Å². The van der Waals surface area contributed by atoms with E-state index >= 15 is 0 Å². The van der Waals surface area contributed by atoms with Gasteiger partial charge in [0.2, 0.25) is 0 Å². The normalized spacial score (nSPS) is 11.0. The predicted octanol–water partition coefficient (Wildman–Crippen LogP) is 7.57. The van der Waals surface area contributed by atoms with Crippen LogP contribution in [0, 0.1) is 5.41 Å². The summed E-state index contributed by atoms with van der Waals surface area (Å²) in [5, 5.41) is 7.96. The molecule has 0 aromatic carbocycles. The molecule has 0 saturated heterocycles. The highest BCUT2D eigenvalue weighted by Gasteiger charge is 2.05. The van der Waals surface area contributed by atoms with Crippen LogP contribution in [0.4, 0.5) is 0 Å². The molecule has 0 atom stereocenters. The average molecular weight is 339 g/mol. The minimum Gasteiger partial charge on any atom is -0.361 e. The zero-order valence-corrected chi connectivity index (χ0v) is 17.2. The number of rotatable bonds is 18. The zero-order valence-electron chi connectivity index (χ0n) is 17.2. The van der Waals surface area contributed by atoms with Crippen LogP contribution < -0.4 is 0 Å². The molecule has 0 rings (SSSR count). The fourth-order valence-electron chi connectivity index (χ4n) is 3.32. The second kappa shape index (κ2) is 18.8. The highest BCUT2D eigenvalue weighted by atomic mass is 15.2. The molecular formula is C22H46N2. The van der Waals surface area contributed by atoms with Crippen molar-refractivity contribution in [1.82, 2.24) is 4.90 Å². The van der Waals surface area contributed by atoms with Crippen molar-refractivity contribution < 1.29 is 0 Å². The first-order valence-corrected chi connectivity index (χ1v) is 11.0. The quantitative estimate of drug-likeness (QED) is 0.156. The predicted molar refractivity (Wildman–Crippen MR) is 110 cm³/mol. The lowest BCUT2D eigenvalue weighted by molar-refractivity contribution is 0.380. The molecule has 0 amide bonds. The SMILES string of the molecule is CCCCCCCCCCN(CCCCCCCCCC)C(C)=N. The van der Waals surface area contributed by atoms with Crippen LogP contribution in [0.2, 0.25) is 0 Å². The minimum absolute atomic E-state index is 0.765. The van der Waals surface area contributed by atoms with Crippen molar-refractivity contribution in [2.75, 3.05) is 13.1 Å². The number of amidine groups is 1. The zero-order chi connectivity index (χ0) is 17.9. The van der Waals surface area contributed by atoms with Gasteiger partial charge in [-0.1, -0.05) is 104 Å². The van der Waals surface area contributed by atoms with Gasteiger partial charge in [-0.15, -0.1) is 0 Å². The van der Waals surface area contributed by atoms with Crippen LogP contribution in [-0.4, -0.2) is 23.8 Å². The largest absolute Gasteiger partial charge is 0.361 e. The van der Waals surface area contributed by atoms with Crippen LogP contribution in [0.5, 0.6) is 0 Å². The van der Waals surface area contributed by atoms with Gasteiger partial charge in [-0.2, -0.15) is 0 Å². The molecule has 0 aromatic heterocycles. The molecule has 0 bridgehead atoms. The van der Waals surface area contributed by atoms with Gasteiger partial charge in [0.25, 0.3) is 0 Å². The maximum absolute atomic E-state index is 7.96. The number of nitrogens with zero attached hydrogens (tertiary/aromatic N) is 1. The third-order valence-electron chi connectivity index (χ3n) is 5.04. The van der Waals surface area contributed by atoms with Crippen molar-refractivity contribution in [2.45, 2.75) is 124 Å². The molecule has 144 valence electrons. The van der Waals surface area contributed by atoms with Crippen LogP contribution >= 0.6 is 0 Å². The van der Waals surface area contributed by atoms with E-state index in [0.717, 1.165) is 18.9 Å². The lowest BCUT2D eigenvalue weighted by Gasteiger charge is -2.23. The first-order valence-electron chi connectivity index (χ1n) is 11.0. The number of hydrogen-bond acceptors (Lipinski definition) is 1. The third-order valence-corrected chi connectivity index (χ3v) is 5.04. The molecular weight excluding hydrogens is 292 g/mol. The molecule has 2 heteroatoms. The Labute approximate surface area is 153 Å². The second-order valence-corrected chi connectivity index (χ2v) is 7.52. The third kappa shape index (κ3) is 16.3. The van der Waals surface area contributed by atoms with E-state index in [-0.39, 0.29) is 0 Å². The first kappa shape index (κ1) is 23.5. The Morgan fingerprint density at radius 2 is 0.833 bits per heavy atom. The van der Waals surface area contributed by atoms with E-state index in [1.165, 1.54) is 103 Å². The fraction of sp³-hybridized carbons (Fsp3) is 0.955. The Balaban J connectivity index is 3.49. The summed E-state index contributed by atoms with van der Waals surface area (Å²) in [5.41, 5.74) is 0. The van der Waals surface area contributed by atoms with E-state index in [2.05, 4.69) is 18.7 Å². The molecule has 0 aliphatic rings. The van der Waals surface area contributed by atoms with Crippen LogP contribution in [0.1, 0.15) is 124 Å². The molecule has 0 aliphatic carbocycles. The van der Waals surface area contributed by atoms with Crippen molar-refractivity contribution in [2.24, 2.45) is 0 Å².